The van der Waals surface area contributed by atoms with Crippen molar-refractivity contribution in [1.29, 1.82) is 0 Å². The number of allylic oxidation sites excluding steroid dienone is 1. The van der Waals surface area contributed by atoms with Crippen LogP contribution < -0.4 is 0 Å². The highest BCUT2D eigenvalue weighted by Gasteiger charge is 2.28. The summed E-state index contributed by atoms with van der Waals surface area (Å²) in [6.45, 7) is 9.85. The third-order valence-electron chi connectivity index (χ3n) is 4.92. The highest BCUT2D eigenvalue weighted by atomic mass is 32.2. The van der Waals surface area contributed by atoms with Crippen molar-refractivity contribution in [2.75, 3.05) is 0 Å². The lowest BCUT2D eigenvalue weighted by atomic mass is 10.0. The molecule has 0 unspecified atom stereocenters. The molecule has 3 aromatic rings. The zero-order chi connectivity index (χ0) is 19.6. The fraction of sp³-hybridized carbons (Fsp3) is 0.217. The summed E-state index contributed by atoms with van der Waals surface area (Å²) in [5, 5.41) is 0. The first-order chi connectivity index (χ1) is 12.9. The molecule has 3 nitrogen and oxygen atoms in total. The Hall–Kier alpha value is -2.59. The Morgan fingerprint density at radius 1 is 1.00 bits per heavy atom. The molecule has 1 aromatic heterocycles. The molecule has 0 spiro atoms. The van der Waals surface area contributed by atoms with Gasteiger partial charge >= 0.3 is 0 Å². The van der Waals surface area contributed by atoms with Gasteiger partial charge in [0.15, 0.2) is 0 Å². The molecule has 27 heavy (non-hydrogen) atoms. The maximum absolute atomic E-state index is 13.6. The highest BCUT2D eigenvalue weighted by Crippen LogP contribution is 2.35. The van der Waals surface area contributed by atoms with E-state index in [1.807, 2.05) is 56.3 Å². The first kappa shape index (κ1) is 19.2. The molecule has 0 N–H and O–H groups in total. The molecule has 2 aromatic carbocycles. The predicted octanol–water partition coefficient (Wildman–Crippen LogP) is 5.30. The van der Waals surface area contributed by atoms with Crippen molar-refractivity contribution in [3.8, 4) is 11.3 Å². The molecule has 0 aliphatic carbocycles. The van der Waals surface area contributed by atoms with Gasteiger partial charge in [0.2, 0.25) is 0 Å². The van der Waals surface area contributed by atoms with Gasteiger partial charge in [0.25, 0.3) is 10.0 Å². The van der Waals surface area contributed by atoms with Gasteiger partial charge in [-0.1, -0.05) is 61.0 Å². The van der Waals surface area contributed by atoms with E-state index < -0.39 is 10.0 Å². The maximum atomic E-state index is 13.6. The van der Waals surface area contributed by atoms with E-state index in [1.54, 1.807) is 18.2 Å². The molecule has 0 amide bonds. The fourth-order valence-electron chi connectivity index (χ4n) is 3.54. The zero-order valence-corrected chi connectivity index (χ0v) is 16.9. The summed E-state index contributed by atoms with van der Waals surface area (Å²) < 4.78 is 28.8. The first-order valence-electron chi connectivity index (χ1n) is 9.13. The Labute approximate surface area is 162 Å². The molecular formula is C23H25NO2S. The number of rotatable bonds is 6. The Kier molecular flexibility index (Phi) is 5.38. The van der Waals surface area contributed by atoms with Gasteiger partial charge in [0.05, 0.1) is 10.6 Å². The molecule has 0 saturated carbocycles. The van der Waals surface area contributed by atoms with Crippen LogP contribution in [-0.4, -0.2) is 12.4 Å². The van der Waals surface area contributed by atoms with Crippen LogP contribution in [0.1, 0.15) is 29.3 Å². The lowest BCUT2D eigenvalue weighted by molar-refractivity contribution is 0.586. The summed E-state index contributed by atoms with van der Waals surface area (Å²) >= 11 is 0. The molecule has 3 rings (SSSR count). The predicted molar refractivity (Wildman–Crippen MR) is 112 cm³/mol. The molecule has 0 aliphatic rings. The number of aryl methyl sites for hydroxylation is 1. The molecule has 0 fully saturated rings. The van der Waals surface area contributed by atoms with E-state index in [2.05, 4.69) is 13.5 Å². The Morgan fingerprint density at radius 3 is 2.19 bits per heavy atom. The van der Waals surface area contributed by atoms with E-state index >= 15 is 0 Å². The van der Waals surface area contributed by atoms with E-state index in [0.717, 1.165) is 40.1 Å². The van der Waals surface area contributed by atoms with Crippen LogP contribution in [0.3, 0.4) is 0 Å². The van der Waals surface area contributed by atoms with Crippen molar-refractivity contribution in [3.63, 3.8) is 0 Å². The van der Waals surface area contributed by atoms with Crippen LogP contribution in [0.25, 0.3) is 11.3 Å². The van der Waals surface area contributed by atoms with Crippen LogP contribution in [0, 0.1) is 13.8 Å². The lowest BCUT2D eigenvalue weighted by Gasteiger charge is -2.15. The van der Waals surface area contributed by atoms with Gasteiger partial charge in [0.1, 0.15) is 0 Å². The molecule has 0 bridgehead atoms. The Balaban J connectivity index is 2.39. The highest BCUT2D eigenvalue weighted by molar-refractivity contribution is 7.90. The zero-order valence-electron chi connectivity index (χ0n) is 16.1. The van der Waals surface area contributed by atoms with Gasteiger partial charge < -0.3 is 0 Å². The number of hydrogen-bond donors (Lipinski definition) is 0. The molecule has 0 saturated heterocycles. The van der Waals surface area contributed by atoms with E-state index in [1.165, 1.54) is 3.97 Å². The van der Waals surface area contributed by atoms with Gasteiger partial charge in [0, 0.05) is 12.1 Å². The van der Waals surface area contributed by atoms with Crippen LogP contribution in [-0.2, 0) is 22.9 Å². The molecule has 140 valence electrons. The van der Waals surface area contributed by atoms with Gasteiger partial charge in [-0.05, 0) is 49.1 Å². The fourth-order valence-corrected chi connectivity index (χ4v) is 5.18. The van der Waals surface area contributed by atoms with Gasteiger partial charge in [-0.2, -0.15) is 0 Å². The van der Waals surface area contributed by atoms with E-state index in [9.17, 15) is 8.42 Å². The minimum atomic E-state index is -3.73. The van der Waals surface area contributed by atoms with Gasteiger partial charge in [-0.15, -0.1) is 6.58 Å². The number of aromatic nitrogens is 1. The SMILES string of the molecule is C=CCc1c(C)c(CC)c(-c2ccccc2)n1S(=O)(=O)c1ccc(C)cc1. The van der Waals surface area contributed by atoms with Crippen molar-refractivity contribution >= 4 is 10.0 Å². The third-order valence-corrected chi connectivity index (χ3v) is 6.67. The van der Waals surface area contributed by atoms with Crippen molar-refractivity contribution in [3.05, 3.63) is 89.6 Å². The third kappa shape index (κ3) is 3.37. The van der Waals surface area contributed by atoms with E-state index in [-0.39, 0.29) is 0 Å². The Morgan fingerprint density at radius 2 is 1.63 bits per heavy atom. The molecular weight excluding hydrogens is 354 g/mol. The smallest absolute Gasteiger partial charge is 0.237 e. The second-order valence-electron chi connectivity index (χ2n) is 6.69. The van der Waals surface area contributed by atoms with Crippen LogP contribution in [0.4, 0.5) is 0 Å². The maximum Gasteiger partial charge on any atom is 0.268 e. The largest absolute Gasteiger partial charge is 0.268 e. The summed E-state index contributed by atoms with van der Waals surface area (Å²) in [7, 11) is -3.73. The normalized spacial score (nSPS) is 11.5. The van der Waals surface area contributed by atoms with Crippen LogP contribution in [0.5, 0.6) is 0 Å². The number of hydrogen-bond acceptors (Lipinski definition) is 2. The summed E-state index contributed by atoms with van der Waals surface area (Å²) in [4.78, 5) is 0.299. The lowest BCUT2D eigenvalue weighted by Crippen LogP contribution is -2.17. The van der Waals surface area contributed by atoms with Gasteiger partial charge in [-0.3, -0.25) is 0 Å². The Bertz CT molecular complexity index is 1060. The molecule has 0 atom stereocenters. The van der Waals surface area contributed by atoms with Gasteiger partial charge in [-0.25, -0.2) is 12.4 Å². The molecule has 0 radical (unpaired) electrons. The number of benzene rings is 2. The van der Waals surface area contributed by atoms with Crippen molar-refractivity contribution < 1.29 is 8.42 Å². The number of nitrogens with zero attached hydrogens (tertiary/aromatic N) is 1. The summed E-state index contributed by atoms with van der Waals surface area (Å²) in [6.07, 6.45) is 3.02. The van der Waals surface area contributed by atoms with Crippen LogP contribution in [0.15, 0.2) is 72.1 Å². The first-order valence-corrected chi connectivity index (χ1v) is 10.6. The average molecular weight is 380 g/mol. The van der Waals surface area contributed by atoms with Crippen molar-refractivity contribution in [1.82, 2.24) is 3.97 Å². The topological polar surface area (TPSA) is 39.1 Å². The quantitative estimate of drug-likeness (QED) is 0.545. The summed E-state index contributed by atoms with van der Waals surface area (Å²) in [5.74, 6) is 0. The van der Waals surface area contributed by atoms with E-state index in [0.29, 0.717) is 11.3 Å². The second-order valence-corrected chi connectivity index (χ2v) is 8.48. The monoisotopic (exact) mass is 379 g/mol. The average Bonchev–Trinajstić information content (AvgIpc) is 2.95. The van der Waals surface area contributed by atoms with Crippen LogP contribution in [0.2, 0.25) is 0 Å². The van der Waals surface area contributed by atoms with E-state index in [4.69, 9.17) is 0 Å². The van der Waals surface area contributed by atoms with Crippen LogP contribution >= 0.6 is 0 Å². The minimum absolute atomic E-state index is 0.299. The minimum Gasteiger partial charge on any atom is -0.237 e. The summed E-state index contributed by atoms with van der Waals surface area (Å²) in [6, 6.07) is 16.8. The molecule has 1 heterocycles. The standard InChI is InChI=1S/C23H25NO2S/c1-5-10-22-18(4)21(6-2)23(19-11-8-7-9-12-19)24(22)27(25,26)20-15-13-17(3)14-16-20/h5,7-9,11-16H,1,6,10H2,2-4H3. The van der Waals surface area contributed by atoms with Crippen molar-refractivity contribution in [2.24, 2.45) is 0 Å². The molecule has 0 aliphatic heterocycles. The summed E-state index contributed by atoms with van der Waals surface area (Å²) in [5.41, 5.74) is 5.56. The molecule has 4 heteroatoms. The van der Waals surface area contributed by atoms with Crippen molar-refractivity contribution in [2.45, 2.75) is 38.5 Å². The second kappa shape index (κ2) is 7.57.